The standard InChI is InChI=1S/C16H14N4OS3/c17-15-18-19-16(24-15)22-9-14(21)20-10-5-1-3-7-12(10)23-13-8-4-2-6-11(13)20/h1-8,10,12H,9H2,(H2,17,18)/t10-,12+/m0/s1. The molecule has 1 aliphatic heterocycles. The Hall–Kier alpha value is -1.77. The highest BCUT2D eigenvalue weighted by atomic mass is 32.2. The fourth-order valence-electron chi connectivity index (χ4n) is 2.75. The number of amides is 1. The van der Waals surface area contributed by atoms with Gasteiger partial charge in [0, 0.05) is 4.90 Å². The van der Waals surface area contributed by atoms with Gasteiger partial charge in [0.15, 0.2) is 4.34 Å². The molecule has 2 aromatic rings. The largest absolute Gasteiger partial charge is 0.374 e. The summed E-state index contributed by atoms with van der Waals surface area (Å²) >= 11 is 4.49. The van der Waals surface area contributed by atoms with Crippen molar-refractivity contribution >= 4 is 51.6 Å². The lowest BCUT2D eigenvalue weighted by Gasteiger charge is -2.40. The summed E-state index contributed by atoms with van der Waals surface area (Å²) in [5.74, 6) is 0.380. The molecule has 2 atom stereocenters. The maximum Gasteiger partial charge on any atom is 0.238 e. The first-order chi connectivity index (χ1) is 11.7. The first-order valence-corrected chi connectivity index (χ1v) is 10.0. The number of nitrogen functional groups attached to an aromatic ring is 1. The second kappa shape index (κ2) is 6.62. The minimum absolute atomic E-state index is 0.0440. The topological polar surface area (TPSA) is 72.1 Å². The minimum Gasteiger partial charge on any atom is -0.374 e. The number of fused-ring (bicyclic) bond motifs is 2. The predicted octanol–water partition coefficient (Wildman–Crippen LogP) is 3.21. The van der Waals surface area contributed by atoms with Crippen LogP contribution in [0, 0.1) is 0 Å². The lowest BCUT2D eigenvalue weighted by molar-refractivity contribution is -0.116. The lowest BCUT2D eigenvalue weighted by Crippen LogP contribution is -2.48. The number of benzene rings is 1. The molecule has 5 nitrogen and oxygen atoms in total. The lowest BCUT2D eigenvalue weighted by atomic mass is 10.0. The normalized spacial score (nSPS) is 21.4. The van der Waals surface area contributed by atoms with Crippen LogP contribution in [0.4, 0.5) is 10.8 Å². The van der Waals surface area contributed by atoms with Crippen molar-refractivity contribution in [1.82, 2.24) is 10.2 Å². The highest BCUT2D eigenvalue weighted by Gasteiger charge is 2.36. The van der Waals surface area contributed by atoms with E-state index in [1.807, 2.05) is 35.3 Å². The van der Waals surface area contributed by atoms with Crippen LogP contribution in [-0.4, -0.2) is 33.1 Å². The van der Waals surface area contributed by atoms with E-state index in [-0.39, 0.29) is 17.2 Å². The van der Waals surface area contributed by atoms with E-state index in [9.17, 15) is 4.79 Å². The van der Waals surface area contributed by atoms with Crippen LogP contribution in [0.1, 0.15) is 0 Å². The molecule has 1 amide bonds. The number of carbonyl (C=O) groups is 1. The Morgan fingerprint density at radius 2 is 2.08 bits per heavy atom. The molecule has 2 aliphatic rings. The molecule has 24 heavy (non-hydrogen) atoms. The number of hydrogen-bond donors (Lipinski definition) is 1. The molecule has 0 fully saturated rings. The van der Waals surface area contributed by atoms with Crippen molar-refractivity contribution in [2.24, 2.45) is 0 Å². The average Bonchev–Trinajstić information content (AvgIpc) is 3.03. The van der Waals surface area contributed by atoms with Crippen molar-refractivity contribution in [3.05, 3.63) is 48.6 Å². The molecule has 0 spiro atoms. The highest BCUT2D eigenvalue weighted by Crippen LogP contribution is 2.43. The summed E-state index contributed by atoms with van der Waals surface area (Å²) in [7, 11) is 0. The number of nitrogens with two attached hydrogens (primary N) is 1. The summed E-state index contributed by atoms with van der Waals surface area (Å²) in [5.41, 5.74) is 6.57. The van der Waals surface area contributed by atoms with Gasteiger partial charge in [0.25, 0.3) is 0 Å². The van der Waals surface area contributed by atoms with Gasteiger partial charge in [-0.2, -0.15) is 0 Å². The SMILES string of the molecule is Nc1nnc(SCC(=O)N2c3ccccc3S[C@@H]3C=CC=C[C@@H]32)s1. The molecule has 2 N–H and O–H groups in total. The summed E-state index contributed by atoms with van der Waals surface area (Å²) in [6.07, 6.45) is 8.31. The number of anilines is 2. The van der Waals surface area contributed by atoms with Crippen LogP contribution in [0.2, 0.25) is 0 Å². The van der Waals surface area contributed by atoms with Gasteiger partial charge in [-0.3, -0.25) is 4.79 Å². The molecular formula is C16H14N4OS3. The fourth-order valence-corrected chi connectivity index (χ4v) is 5.51. The highest BCUT2D eigenvalue weighted by molar-refractivity contribution is 8.01. The maximum atomic E-state index is 13.0. The maximum absolute atomic E-state index is 13.0. The number of carbonyl (C=O) groups excluding carboxylic acids is 1. The number of thioether (sulfide) groups is 2. The van der Waals surface area contributed by atoms with Crippen molar-refractivity contribution in [3.8, 4) is 0 Å². The quantitative estimate of drug-likeness (QED) is 0.832. The van der Waals surface area contributed by atoms with Crippen molar-refractivity contribution in [2.75, 3.05) is 16.4 Å². The van der Waals surface area contributed by atoms with Gasteiger partial charge in [0.1, 0.15) is 0 Å². The molecule has 8 heteroatoms. The van der Waals surface area contributed by atoms with Gasteiger partial charge in [0.05, 0.1) is 22.7 Å². The van der Waals surface area contributed by atoms with E-state index >= 15 is 0 Å². The number of rotatable bonds is 3. The van der Waals surface area contributed by atoms with Crippen LogP contribution < -0.4 is 10.6 Å². The molecule has 0 saturated carbocycles. The first-order valence-electron chi connectivity index (χ1n) is 7.37. The molecule has 1 aromatic carbocycles. The van der Waals surface area contributed by atoms with Gasteiger partial charge >= 0.3 is 0 Å². The number of allylic oxidation sites excluding steroid dienone is 2. The number of para-hydroxylation sites is 1. The summed E-state index contributed by atoms with van der Waals surface area (Å²) in [6.45, 7) is 0. The van der Waals surface area contributed by atoms with E-state index in [0.29, 0.717) is 10.9 Å². The summed E-state index contributed by atoms with van der Waals surface area (Å²) < 4.78 is 0.719. The Morgan fingerprint density at radius 3 is 2.92 bits per heavy atom. The van der Waals surface area contributed by atoms with Crippen LogP contribution in [0.3, 0.4) is 0 Å². The van der Waals surface area contributed by atoms with Crippen LogP contribution in [0.25, 0.3) is 0 Å². The van der Waals surface area contributed by atoms with Gasteiger partial charge in [-0.15, -0.1) is 22.0 Å². The predicted molar refractivity (Wildman–Crippen MR) is 101 cm³/mol. The van der Waals surface area contributed by atoms with Crippen molar-refractivity contribution in [1.29, 1.82) is 0 Å². The first kappa shape index (κ1) is 15.7. The second-order valence-electron chi connectivity index (χ2n) is 5.27. The van der Waals surface area contributed by atoms with Gasteiger partial charge in [-0.05, 0) is 12.1 Å². The second-order valence-corrected chi connectivity index (χ2v) is 8.72. The third-order valence-electron chi connectivity index (χ3n) is 3.75. The average molecular weight is 375 g/mol. The Morgan fingerprint density at radius 1 is 1.25 bits per heavy atom. The number of nitrogens with zero attached hydrogens (tertiary/aromatic N) is 3. The van der Waals surface area contributed by atoms with Gasteiger partial charge < -0.3 is 10.6 Å². The number of hydrogen-bond acceptors (Lipinski definition) is 7. The zero-order valence-corrected chi connectivity index (χ0v) is 15.0. The van der Waals surface area contributed by atoms with E-state index in [0.717, 1.165) is 14.9 Å². The van der Waals surface area contributed by atoms with Crippen molar-refractivity contribution < 1.29 is 4.79 Å². The van der Waals surface area contributed by atoms with Crippen LogP contribution >= 0.6 is 34.9 Å². The zero-order valence-electron chi connectivity index (χ0n) is 12.5. The van der Waals surface area contributed by atoms with Crippen LogP contribution in [-0.2, 0) is 4.79 Å². The Kier molecular flexibility index (Phi) is 4.34. The molecule has 0 bridgehead atoms. The molecule has 122 valence electrons. The number of aromatic nitrogens is 2. The van der Waals surface area contributed by atoms with Gasteiger partial charge in [-0.1, -0.05) is 59.5 Å². The molecular weight excluding hydrogens is 360 g/mol. The Labute approximate surface area is 152 Å². The van der Waals surface area contributed by atoms with E-state index in [4.69, 9.17) is 5.73 Å². The van der Waals surface area contributed by atoms with E-state index < -0.39 is 0 Å². The molecule has 1 aromatic heterocycles. The monoisotopic (exact) mass is 374 g/mol. The van der Waals surface area contributed by atoms with Crippen molar-refractivity contribution in [3.63, 3.8) is 0 Å². The summed E-state index contributed by atoms with van der Waals surface area (Å²) in [4.78, 5) is 16.0. The Balaban J connectivity index is 1.60. The zero-order chi connectivity index (χ0) is 16.5. The van der Waals surface area contributed by atoms with E-state index in [2.05, 4.69) is 28.4 Å². The van der Waals surface area contributed by atoms with Gasteiger partial charge in [-0.25, -0.2) is 0 Å². The summed E-state index contributed by atoms with van der Waals surface area (Å²) in [5, 5.41) is 8.42. The summed E-state index contributed by atoms with van der Waals surface area (Å²) in [6, 6.07) is 8.11. The third kappa shape index (κ3) is 2.97. The smallest absolute Gasteiger partial charge is 0.238 e. The molecule has 0 unspecified atom stereocenters. The van der Waals surface area contributed by atoms with E-state index in [1.54, 1.807) is 11.8 Å². The van der Waals surface area contributed by atoms with E-state index in [1.165, 1.54) is 23.1 Å². The fraction of sp³-hybridized carbons (Fsp3) is 0.188. The third-order valence-corrected chi connectivity index (χ3v) is 6.93. The Bertz CT molecular complexity index is 832. The molecule has 4 rings (SSSR count). The molecule has 0 radical (unpaired) electrons. The minimum atomic E-state index is 0.0440. The molecule has 0 saturated heterocycles. The van der Waals surface area contributed by atoms with Gasteiger partial charge in [0.2, 0.25) is 11.0 Å². The van der Waals surface area contributed by atoms with Crippen LogP contribution in [0.15, 0.2) is 57.8 Å². The molecule has 1 aliphatic carbocycles. The van der Waals surface area contributed by atoms with Crippen LogP contribution in [0.5, 0.6) is 0 Å². The van der Waals surface area contributed by atoms with Crippen molar-refractivity contribution in [2.45, 2.75) is 20.5 Å². The molecule has 2 heterocycles.